The van der Waals surface area contributed by atoms with E-state index in [9.17, 15) is 9.18 Å². The van der Waals surface area contributed by atoms with E-state index in [0.29, 0.717) is 11.6 Å². The normalized spacial score (nSPS) is 10.4. The van der Waals surface area contributed by atoms with Gasteiger partial charge in [0.1, 0.15) is 5.82 Å². The highest BCUT2D eigenvalue weighted by atomic mass is 19.1. The molecule has 6 nitrogen and oxygen atoms in total. The fourth-order valence-electron chi connectivity index (χ4n) is 1.50. The molecule has 0 atom stereocenters. The lowest BCUT2D eigenvalue weighted by Crippen LogP contribution is -2.27. The molecule has 18 heavy (non-hydrogen) atoms. The van der Waals surface area contributed by atoms with Crippen molar-refractivity contribution in [3.05, 3.63) is 41.5 Å². The molecule has 0 saturated carbocycles. The monoisotopic (exact) mass is 249 g/mol. The number of nitrogens with zero attached hydrogens (tertiary/aromatic N) is 4. The number of halogens is 1. The first-order chi connectivity index (χ1) is 8.58. The number of hydrogen-bond acceptors (Lipinski definition) is 4. The summed E-state index contributed by atoms with van der Waals surface area (Å²) in [5.74, 6) is 0.0802. The average Bonchev–Trinajstić information content (AvgIpc) is 2.74. The third-order valence-electron chi connectivity index (χ3n) is 2.37. The number of carbonyl (C=O) groups is 1. The van der Waals surface area contributed by atoms with E-state index in [1.165, 1.54) is 17.2 Å². The van der Waals surface area contributed by atoms with Crippen LogP contribution in [0.15, 0.2) is 18.5 Å². The number of pyridine rings is 1. The van der Waals surface area contributed by atoms with Crippen LogP contribution < -0.4 is 0 Å². The Labute approximate surface area is 103 Å². The topological polar surface area (TPSA) is 74.8 Å². The molecule has 2 aromatic heterocycles. The molecule has 2 heterocycles. The first-order valence-electron chi connectivity index (χ1n) is 5.31. The fourth-order valence-corrected chi connectivity index (χ4v) is 1.50. The molecule has 1 amide bonds. The van der Waals surface area contributed by atoms with Crippen LogP contribution in [0, 0.1) is 12.7 Å². The molecular formula is C11H12FN5O. The molecule has 0 aliphatic rings. The largest absolute Gasteiger partial charge is 0.334 e. The van der Waals surface area contributed by atoms with Crippen molar-refractivity contribution in [2.45, 2.75) is 13.5 Å². The van der Waals surface area contributed by atoms with Gasteiger partial charge >= 0.3 is 0 Å². The van der Waals surface area contributed by atoms with Crippen LogP contribution in [0.1, 0.15) is 22.0 Å². The minimum Gasteiger partial charge on any atom is -0.334 e. The summed E-state index contributed by atoms with van der Waals surface area (Å²) in [4.78, 5) is 21.0. The van der Waals surface area contributed by atoms with Gasteiger partial charge in [0, 0.05) is 13.2 Å². The van der Waals surface area contributed by atoms with Crippen LogP contribution in [-0.4, -0.2) is 38.0 Å². The smallest absolute Gasteiger partial charge is 0.257 e. The number of aryl methyl sites for hydroxylation is 1. The number of nitrogens with one attached hydrogen (secondary N) is 1. The third kappa shape index (κ3) is 2.50. The Morgan fingerprint density at radius 3 is 2.94 bits per heavy atom. The van der Waals surface area contributed by atoms with Crippen LogP contribution in [0.4, 0.5) is 4.39 Å². The van der Waals surface area contributed by atoms with Crippen molar-refractivity contribution in [3.8, 4) is 0 Å². The first kappa shape index (κ1) is 12.2. The van der Waals surface area contributed by atoms with E-state index in [1.54, 1.807) is 14.0 Å². The van der Waals surface area contributed by atoms with E-state index in [0.717, 1.165) is 6.20 Å². The lowest BCUT2D eigenvalue weighted by atomic mass is 10.2. The van der Waals surface area contributed by atoms with Gasteiger partial charge in [0.15, 0.2) is 11.6 Å². The molecule has 0 bridgehead atoms. The molecule has 7 heteroatoms. The predicted octanol–water partition coefficient (Wildman–Crippen LogP) is 0.919. The number of hydrogen-bond donors (Lipinski definition) is 1. The fraction of sp³-hybridized carbons (Fsp3) is 0.273. The van der Waals surface area contributed by atoms with Crippen molar-refractivity contribution in [2.24, 2.45) is 0 Å². The van der Waals surface area contributed by atoms with Gasteiger partial charge in [0.25, 0.3) is 5.91 Å². The van der Waals surface area contributed by atoms with Gasteiger partial charge in [-0.3, -0.25) is 14.9 Å². The molecule has 0 aromatic carbocycles. The van der Waals surface area contributed by atoms with E-state index in [2.05, 4.69) is 20.2 Å². The Bertz CT molecular complexity index is 568. The number of amides is 1. The second-order valence-corrected chi connectivity index (χ2v) is 3.85. The number of aromatic amines is 1. The number of aromatic nitrogens is 4. The van der Waals surface area contributed by atoms with Crippen LogP contribution in [0.25, 0.3) is 0 Å². The van der Waals surface area contributed by atoms with Crippen molar-refractivity contribution >= 4 is 5.91 Å². The second-order valence-electron chi connectivity index (χ2n) is 3.85. The van der Waals surface area contributed by atoms with Gasteiger partial charge in [-0.1, -0.05) is 0 Å². The molecule has 0 radical (unpaired) electrons. The first-order valence-corrected chi connectivity index (χ1v) is 5.31. The Kier molecular flexibility index (Phi) is 3.31. The molecule has 0 spiro atoms. The van der Waals surface area contributed by atoms with Crippen molar-refractivity contribution in [3.63, 3.8) is 0 Å². The summed E-state index contributed by atoms with van der Waals surface area (Å²) < 4.78 is 13.4. The highest BCUT2D eigenvalue weighted by molar-refractivity contribution is 5.94. The lowest BCUT2D eigenvalue weighted by molar-refractivity contribution is 0.0777. The summed E-state index contributed by atoms with van der Waals surface area (Å²) in [7, 11) is 1.56. The lowest BCUT2D eigenvalue weighted by Gasteiger charge is -2.15. The highest BCUT2D eigenvalue weighted by Crippen LogP contribution is 2.09. The summed E-state index contributed by atoms with van der Waals surface area (Å²) in [5.41, 5.74) is -0.0141. The Morgan fingerprint density at radius 2 is 2.33 bits per heavy atom. The molecule has 0 fully saturated rings. The maximum Gasteiger partial charge on any atom is 0.257 e. The molecule has 0 aliphatic heterocycles. The van der Waals surface area contributed by atoms with Crippen molar-refractivity contribution in [1.29, 1.82) is 0 Å². The second kappa shape index (κ2) is 4.91. The highest BCUT2D eigenvalue weighted by Gasteiger charge is 2.17. The minimum atomic E-state index is -0.638. The Balaban J connectivity index is 2.12. The van der Waals surface area contributed by atoms with Gasteiger partial charge < -0.3 is 4.90 Å². The van der Waals surface area contributed by atoms with Gasteiger partial charge in [0.05, 0.1) is 18.3 Å². The zero-order valence-electron chi connectivity index (χ0n) is 10.0. The van der Waals surface area contributed by atoms with Crippen molar-refractivity contribution in [1.82, 2.24) is 25.1 Å². The molecular weight excluding hydrogens is 237 g/mol. The summed E-state index contributed by atoms with van der Waals surface area (Å²) in [5, 5.41) is 6.60. The predicted molar refractivity (Wildman–Crippen MR) is 61.1 cm³/mol. The standard InChI is InChI=1S/C11H12FN5O/c1-7-14-10(16-15-7)6-17(2)11(18)8-3-4-13-5-9(8)12/h3-5H,6H2,1-2H3,(H,14,15,16). The van der Waals surface area contributed by atoms with E-state index < -0.39 is 11.7 Å². The molecule has 2 rings (SSSR count). The maximum atomic E-state index is 13.4. The van der Waals surface area contributed by atoms with Crippen LogP contribution >= 0.6 is 0 Å². The molecule has 0 aliphatic carbocycles. The van der Waals surface area contributed by atoms with E-state index in [1.807, 2.05) is 0 Å². The summed E-state index contributed by atoms with van der Waals surface area (Å²) in [6, 6.07) is 1.34. The zero-order chi connectivity index (χ0) is 13.1. The van der Waals surface area contributed by atoms with Gasteiger partial charge in [0.2, 0.25) is 0 Å². The van der Waals surface area contributed by atoms with Gasteiger partial charge in [-0.25, -0.2) is 9.37 Å². The third-order valence-corrected chi connectivity index (χ3v) is 2.37. The maximum absolute atomic E-state index is 13.4. The minimum absolute atomic E-state index is 0.0141. The number of carbonyl (C=O) groups excluding carboxylic acids is 1. The molecule has 0 unspecified atom stereocenters. The molecule has 0 saturated heterocycles. The van der Waals surface area contributed by atoms with E-state index in [4.69, 9.17) is 0 Å². The van der Waals surface area contributed by atoms with Crippen molar-refractivity contribution < 1.29 is 9.18 Å². The van der Waals surface area contributed by atoms with Gasteiger partial charge in [-0.15, -0.1) is 0 Å². The van der Waals surface area contributed by atoms with Crippen LogP contribution in [0.3, 0.4) is 0 Å². The summed E-state index contributed by atoms with van der Waals surface area (Å²) in [6.45, 7) is 1.98. The number of H-pyrrole nitrogens is 1. The van der Waals surface area contributed by atoms with E-state index >= 15 is 0 Å². The summed E-state index contributed by atoms with van der Waals surface area (Å²) in [6.07, 6.45) is 2.39. The van der Waals surface area contributed by atoms with E-state index in [-0.39, 0.29) is 12.1 Å². The average molecular weight is 249 g/mol. The molecule has 2 aromatic rings. The van der Waals surface area contributed by atoms with Crippen molar-refractivity contribution in [2.75, 3.05) is 7.05 Å². The number of rotatable bonds is 3. The molecule has 94 valence electrons. The van der Waals surface area contributed by atoms with Crippen LogP contribution in [0.2, 0.25) is 0 Å². The quantitative estimate of drug-likeness (QED) is 0.877. The van der Waals surface area contributed by atoms with Crippen LogP contribution in [0.5, 0.6) is 0 Å². The summed E-state index contributed by atoms with van der Waals surface area (Å²) >= 11 is 0. The van der Waals surface area contributed by atoms with Gasteiger partial charge in [-0.2, -0.15) is 5.10 Å². The zero-order valence-corrected chi connectivity index (χ0v) is 10.0. The van der Waals surface area contributed by atoms with Crippen LogP contribution in [-0.2, 0) is 6.54 Å². The Hall–Kier alpha value is -2.31. The molecule has 1 N–H and O–H groups in total. The van der Waals surface area contributed by atoms with Gasteiger partial charge in [-0.05, 0) is 13.0 Å². The Morgan fingerprint density at radius 1 is 1.56 bits per heavy atom. The SMILES string of the molecule is Cc1nc(CN(C)C(=O)c2ccncc2F)n[nH]1.